The van der Waals surface area contributed by atoms with Crippen LogP contribution in [0.3, 0.4) is 0 Å². The molecular weight excluding hydrogens is 466 g/mol. The number of halogens is 3. The van der Waals surface area contributed by atoms with E-state index in [2.05, 4.69) is 5.32 Å². The summed E-state index contributed by atoms with van der Waals surface area (Å²) in [6.45, 7) is 4.19. The average Bonchev–Trinajstić information content (AvgIpc) is 2.76. The standard InChI is InChI=1S/C19H16F3N3O5.C2H6.CH4.Na/c20-9-4-12(21)10(13(22)5-9)6-23-18(28)11-7-24-8-14-25(2-1-3-30-14)19(29)15(24)17(27)16(11)26;1-2;;/h4-5,7,14,27H,1-3,6,8H2,(H,23,28);1-2H3;1H4;/q;;;+1/p-1. The molecule has 0 radical (unpaired) electrons. The van der Waals surface area contributed by atoms with Gasteiger partial charge < -0.3 is 24.6 Å². The second-order valence-electron chi connectivity index (χ2n) is 6.91. The van der Waals surface area contributed by atoms with Crippen molar-refractivity contribution in [2.24, 2.45) is 0 Å². The molecule has 8 nitrogen and oxygen atoms in total. The van der Waals surface area contributed by atoms with Crippen molar-refractivity contribution in [2.75, 3.05) is 13.2 Å². The molecule has 2 aliphatic rings. The number of aromatic nitrogens is 1. The molecule has 1 N–H and O–H groups in total. The molecule has 0 aliphatic carbocycles. The fourth-order valence-electron chi connectivity index (χ4n) is 3.55. The van der Waals surface area contributed by atoms with E-state index in [1.807, 2.05) is 13.8 Å². The summed E-state index contributed by atoms with van der Waals surface area (Å²) < 4.78 is 47.2. The normalized spacial score (nSPS) is 16.1. The Morgan fingerprint density at radius 1 is 1.21 bits per heavy atom. The zero-order chi connectivity index (χ0) is 23.6. The quantitative estimate of drug-likeness (QED) is 0.563. The first kappa shape index (κ1) is 29.7. The van der Waals surface area contributed by atoms with E-state index < -0.39 is 64.3 Å². The largest absolute Gasteiger partial charge is 1.00 e. The Morgan fingerprint density at radius 2 is 1.82 bits per heavy atom. The predicted octanol–water partition coefficient (Wildman–Crippen LogP) is -0.862. The van der Waals surface area contributed by atoms with Gasteiger partial charge in [-0.15, -0.1) is 0 Å². The fourth-order valence-corrected chi connectivity index (χ4v) is 3.55. The topological polar surface area (TPSA) is 104 Å². The molecule has 2 aliphatic heterocycles. The van der Waals surface area contributed by atoms with E-state index in [9.17, 15) is 32.7 Å². The first-order valence-corrected chi connectivity index (χ1v) is 10.1. The smallest absolute Gasteiger partial charge is 0.868 e. The van der Waals surface area contributed by atoms with Crippen molar-refractivity contribution in [2.45, 2.75) is 47.0 Å². The Morgan fingerprint density at radius 3 is 2.44 bits per heavy atom. The van der Waals surface area contributed by atoms with Gasteiger partial charge in [-0.25, -0.2) is 13.2 Å². The van der Waals surface area contributed by atoms with Crippen molar-refractivity contribution < 1.29 is 62.2 Å². The molecule has 1 aromatic carbocycles. The summed E-state index contributed by atoms with van der Waals surface area (Å²) in [5, 5.41) is 14.6. The van der Waals surface area contributed by atoms with Crippen LogP contribution in [0.1, 0.15) is 54.1 Å². The van der Waals surface area contributed by atoms with Crippen molar-refractivity contribution in [3.05, 3.63) is 62.8 Å². The fraction of sp³-hybridized carbons (Fsp3) is 0.409. The third-order valence-electron chi connectivity index (χ3n) is 5.03. The number of nitrogens with one attached hydrogen (secondary N) is 1. The van der Waals surface area contributed by atoms with Crippen LogP contribution in [0.25, 0.3) is 0 Å². The van der Waals surface area contributed by atoms with Gasteiger partial charge in [0.05, 0.1) is 13.2 Å². The van der Waals surface area contributed by atoms with Crippen LogP contribution in [0.4, 0.5) is 13.2 Å². The molecular formula is C22H25F3N3NaO5. The predicted molar refractivity (Wildman–Crippen MR) is 111 cm³/mol. The third-order valence-corrected chi connectivity index (χ3v) is 5.03. The van der Waals surface area contributed by atoms with Crippen LogP contribution in [-0.4, -0.2) is 40.7 Å². The zero-order valence-electron chi connectivity index (χ0n) is 18.4. The van der Waals surface area contributed by atoms with E-state index in [1.54, 1.807) is 0 Å². The maximum atomic E-state index is 13.7. The maximum absolute atomic E-state index is 13.7. The molecule has 12 heteroatoms. The van der Waals surface area contributed by atoms with Gasteiger partial charge in [0.1, 0.15) is 28.7 Å². The van der Waals surface area contributed by atoms with Crippen LogP contribution < -0.4 is 45.4 Å². The number of pyridine rings is 1. The van der Waals surface area contributed by atoms with E-state index in [4.69, 9.17) is 4.74 Å². The number of ether oxygens (including phenoxy) is 1. The number of amides is 2. The molecule has 1 unspecified atom stereocenters. The summed E-state index contributed by atoms with van der Waals surface area (Å²) in [4.78, 5) is 38.8. The Labute approximate surface area is 217 Å². The van der Waals surface area contributed by atoms with Gasteiger partial charge in [-0.3, -0.25) is 14.4 Å². The number of carbonyl (C=O) groups excluding carboxylic acids is 2. The van der Waals surface area contributed by atoms with Gasteiger partial charge in [0.25, 0.3) is 11.8 Å². The number of carbonyl (C=O) groups is 2. The average molecular weight is 491 g/mol. The van der Waals surface area contributed by atoms with E-state index in [1.165, 1.54) is 9.47 Å². The molecule has 1 atom stereocenters. The molecule has 1 saturated heterocycles. The van der Waals surface area contributed by atoms with Crippen LogP contribution in [0.15, 0.2) is 23.1 Å². The van der Waals surface area contributed by atoms with Crippen LogP contribution >= 0.6 is 0 Å². The summed E-state index contributed by atoms with van der Waals surface area (Å²) in [5.74, 6) is -6.40. The Kier molecular flexibility index (Phi) is 10.8. The van der Waals surface area contributed by atoms with E-state index in [-0.39, 0.29) is 49.2 Å². The zero-order valence-corrected chi connectivity index (χ0v) is 20.4. The molecule has 34 heavy (non-hydrogen) atoms. The summed E-state index contributed by atoms with van der Waals surface area (Å²) in [7, 11) is 0. The Balaban J connectivity index is 0.00000141. The van der Waals surface area contributed by atoms with Gasteiger partial charge in [0, 0.05) is 37.0 Å². The molecule has 2 amide bonds. The second-order valence-corrected chi connectivity index (χ2v) is 6.91. The minimum atomic E-state index is -1.21. The van der Waals surface area contributed by atoms with Gasteiger partial charge in [0.15, 0.2) is 11.7 Å². The first-order chi connectivity index (χ1) is 15.3. The monoisotopic (exact) mass is 491 g/mol. The van der Waals surface area contributed by atoms with Gasteiger partial charge in [-0.2, -0.15) is 0 Å². The number of rotatable bonds is 3. The van der Waals surface area contributed by atoms with Crippen molar-refractivity contribution in [1.82, 2.24) is 14.8 Å². The van der Waals surface area contributed by atoms with E-state index in [0.717, 1.165) is 6.20 Å². The summed E-state index contributed by atoms with van der Waals surface area (Å²) in [6.07, 6.45) is 1.02. The van der Waals surface area contributed by atoms with Crippen LogP contribution in [0.5, 0.6) is 5.75 Å². The maximum Gasteiger partial charge on any atom is 1.00 e. The molecule has 0 bridgehead atoms. The summed E-state index contributed by atoms with van der Waals surface area (Å²) in [6, 6.07) is 0.908. The van der Waals surface area contributed by atoms with Gasteiger partial charge in [-0.05, 0) is 12.2 Å². The van der Waals surface area contributed by atoms with Gasteiger partial charge in [0.2, 0.25) is 0 Å². The number of hydrogen-bond acceptors (Lipinski definition) is 5. The van der Waals surface area contributed by atoms with Crippen molar-refractivity contribution in [1.29, 1.82) is 0 Å². The van der Waals surface area contributed by atoms with Crippen LogP contribution in [-0.2, 0) is 17.8 Å². The molecule has 3 heterocycles. The Bertz CT molecular complexity index is 1100. The molecule has 0 spiro atoms. The van der Waals surface area contributed by atoms with Crippen molar-refractivity contribution in [3.63, 3.8) is 0 Å². The molecule has 4 rings (SSSR count). The minimum absolute atomic E-state index is 0. The Hall–Kier alpha value is -2.34. The molecule has 180 valence electrons. The minimum Gasteiger partial charge on any atom is -0.868 e. The number of hydrogen-bond donors (Lipinski definition) is 1. The van der Waals surface area contributed by atoms with Crippen LogP contribution in [0, 0.1) is 17.5 Å². The second kappa shape index (κ2) is 12.4. The number of benzene rings is 1. The first-order valence-electron chi connectivity index (χ1n) is 10.1. The third kappa shape index (κ3) is 5.65. The molecule has 2 aromatic rings. The molecule has 0 saturated carbocycles. The van der Waals surface area contributed by atoms with Crippen molar-refractivity contribution >= 4 is 11.8 Å². The number of fused-ring (bicyclic) bond motifs is 2. The van der Waals surface area contributed by atoms with E-state index in [0.29, 0.717) is 31.7 Å². The summed E-state index contributed by atoms with van der Waals surface area (Å²) in [5.41, 5.74) is -2.76. The molecule has 1 aromatic heterocycles. The van der Waals surface area contributed by atoms with Gasteiger partial charge >= 0.3 is 29.6 Å². The number of nitrogens with zero attached hydrogens (tertiary/aromatic N) is 2. The summed E-state index contributed by atoms with van der Waals surface area (Å²) >= 11 is 0. The molecule has 1 fully saturated rings. The van der Waals surface area contributed by atoms with Gasteiger partial charge in [-0.1, -0.05) is 21.3 Å². The SMILES string of the molecule is C.CC.O=C(NCc1c(F)cc(F)cc1F)c1cn2c(c([O-])c1=O)C(=O)N1CCCOC1C2.[Na+]. The van der Waals surface area contributed by atoms with Crippen LogP contribution in [0.2, 0.25) is 0 Å². The van der Waals surface area contributed by atoms with Crippen molar-refractivity contribution in [3.8, 4) is 5.75 Å². The van der Waals surface area contributed by atoms with E-state index >= 15 is 0 Å².